The molecule has 0 aliphatic carbocycles. The van der Waals surface area contributed by atoms with Crippen molar-refractivity contribution in [2.45, 2.75) is 59.1 Å². The van der Waals surface area contributed by atoms with Gasteiger partial charge in [0.1, 0.15) is 5.69 Å². The average molecular weight is 363 g/mol. The Bertz CT molecular complexity index is 593. The first-order valence-electron chi connectivity index (χ1n) is 10.3. The molecule has 2 fully saturated rings. The van der Waals surface area contributed by atoms with Crippen LogP contribution >= 0.6 is 0 Å². The molecule has 1 aromatic heterocycles. The van der Waals surface area contributed by atoms with E-state index in [1.165, 1.54) is 12.8 Å². The van der Waals surface area contributed by atoms with E-state index in [0.717, 1.165) is 63.6 Å². The maximum atomic E-state index is 13.2. The Hall–Kier alpha value is -1.40. The van der Waals surface area contributed by atoms with E-state index >= 15 is 0 Å². The fourth-order valence-corrected chi connectivity index (χ4v) is 4.01. The summed E-state index contributed by atoms with van der Waals surface area (Å²) in [5.41, 5.74) is 1.75. The van der Waals surface area contributed by atoms with Crippen LogP contribution in [-0.4, -0.2) is 70.9 Å². The maximum Gasteiger partial charge on any atom is 0.272 e. The van der Waals surface area contributed by atoms with Crippen LogP contribution < -0.4 is 0 Å². The molecule has 1 aromatic rings. The summed E-state index contributed by atoms with van der Waals surface area (Å²) < 4.78 is 7.90. The highest BCUT2D eigenvalue weighted by molar-refractivity contribution is 5.92. The van der Waals surface area contributed by atoms with Crippen LogP contribution in [0.4, 0.5) is 0 Å². The number of amides is 1. The van der Waals surface area contributed by atoms with E-state index < -0.39 is 0 Å². The summed E-state index contributed by atoms with van der Waals surface area (Å²) >= 11 is 0. The summed E-state index contributed by atoms with van der Waals surface area (Å²) in [5.74, 6) is 0.640. The molecule has 146 valence electrons. The number of hydrogen-bond acceptors (Lipinski definition) is 4. The van der Waals surface area contributed by atoms with Crippen molar-refractivity contribution in [1.29, 1.82) is 0 Å². The smallest absolute Gasteiger partial charge is 0.272 e. The van der Waals surface area contributed by atoms with Crippen molar-refractivity contribution < 1.29 is 9.53 Å². The minimum Gasteiger partial charge on any atom is -0.375 e. The zero-order chi connectivity index (χ0) is 18.5. The van der Waals surface area contributed by atoms with E-state index in [2.05, 4.69) is 23.8 Å². The molecule has 2 saturated heterocycles. The predicted octanol–water partition coefficient (Wildman–Crippen LogP) is 2.43. The van der Waals surface area contributed by atoms with Crippen molar-refractivity contribution in [2.24, 2.45) is 5.92 Å². The van der Waals surface area contributed by atoms with Crippen LogP contribution in [0.25, 0.3) is 0 Å². The number of carbonyl (C=O) groups excluding carboxylic acids is 1. The summed E-state index contributed by atoms with van der Waals surface area (Å²) in [6.45, 7) is 12.6. The van der Waals surface area contributed by atoms with Crippen molar-refractivity contribution in [1.82, 2.24) is 19.6 Å². The van der Waals surface area contributed by atoms with Gasteiger partial charge in [0.2, 0.25) is 0 Å². The highest BCUT2D eigenvalue weighted by Gasteiger charge is 2.28. The van der Waals surface area contributed by atoms with Crippen LogP contribution in [0.2, 0.25) is 0 Å². The van der Waals surface area contributed by atoms with Gasteiger partial charge in [0.25, 0.3) is 5.91 Å². The summed E-state index contributed by atoms with van der Waals surface area (Å²) in [4.78, 5) is 17.7. The van der Waals surface area contributed by atoms with Gasteiger partial charge in [-0.2, -0.15) is 5.10 Å². The van der Waals surface area contributed by atoms with Crippen LogP contribution in [0.3, 0.4) is 0 Å². The van der Waals surface area contributed by atoms with Gasteiger partial charge in [0, 0.05) is 32.8 Å². The van der Waals surface area contributed by atoms with Gasteiger partial charge in [0.15, 0.2) is 0 Å². The molecule has 0 unspecified atom stereocenters. The van der Waals surface area contributed by atoms with Gasteiger partial charge in [0.05, 0.1) is 11.8 Å². The van der Waals surface area contributed by atoms with Gasteiger partial charge in [-0.25, -0.2) is 0 Å². The van der Waals surface area contributed by atoms with Gasteiger partial charge >= 0.3 is 0 Å². The third kappa shape index (κ3) is 4.86. The molecule has 0 radical (unpaired) electrons. The van der Waals surface area contributed by atoms with E-state index in [9.17, 15) is 4.79 Å². The first kappa shape index (κ1) is 19.4. The predicted molar refractivity (Wildman–Crippen MR) is 102 cm³/mol. The Morgan fingerprint density at radius 1 is 1.27 bits per heavy atom. The third-order valence-electron chi connectivity index (χ3n) is 5.26. The van der Waals surface area contributed by atoms with Gasteiger partial charge in [-0.05, 0) is 57.7 Å². The zero-order valence-corrected chi connectivity index (χ0v) is 16.6. The minimum atomic E-state index is 0.103. The summed E-state index contributed by atoms with van der Waals surface area (Å²) in [5, 5.41) is 4.64. The molecular weight excluding hydrogens is 328 g/mol. The summed E-state index contributed by atoms with van der Waals surface area (Å²) in [6.07, 6.45) is 4.50. The molecular formula is C20H34N4O2. The first-order chi connectivity index (χ1) is 12.6. The van der Waals surface area contributed by atoms with Gasteiger partial charge in [-0.3, -0.25) is 9.48 Å². The summed E-state index contributed by atoms with van der Waals surface area (Å²) in [6, 6.07) is 1.99. The van der Waals surface area contributed by atoms with E-state index in [-0.39, 0.29) is 12.0 Å². The quantitative estimate of drug-likeness (QED) is 0.780. The van der Waals surface area contributed by atoms with E-state index in [1.54, 1.807) is 0 Å². The van der Waals surface area contributed by atoms with Crippen LogP contribution in [0.5, 0.6) is 0 Å². The molecule has 0 N–H and O–H groups in total. The lowest BCUT2D eigenvalue weighted by molar-refractivity contribution is 0.0295. The van der Waals surface area contributed by atoms with E-state index in [0.29, 0.717) is 12.5 Å². The molecule has 0 aromatic carbocycles. The monoisotopic (exact) mass is 362 g/mol. The molecule has 2 aliphatic heterocycles. The molecule has 6 nitrogen and oxygen atoms in total. The van der Waals surface area contributed by atoms with Crippen LogP contribution in [0.1, 0.15) is 56.2 Å². The zero-order valence-electron chi connectivity index (χ0n) is 16.6. The molecule has 26 heavy (non-hydrogen) atoms. The highest BCUT2D eigenvalue weighted by Crippen LogP contribution is 2.16. The van der Waals surface area contributed by atoms with Gasteiger partial charge in [-0.1, -0.05) is 13.8 Å². The lowest BCUT2D eigenvalue weighted by Crippen LogP contribution is -2.42. The fourth-order valence-electron chi connectivity index (χ4n) is 4.01. The fraction of sp³-hybridized carbons (Fsp3) is 0.800. The minimum absolute atomic E-state index is 0.103. The number of nitrogens with zero attached hydrogens (tertiary/aromatic N) is 4. The van der Waals surface area contributed by atoms with Crippen LogP contribution in [-0.2, 0) is 17.7 Å². The normalized spacial score (nSPS) is 22.2. The molecule has 3 heterocycles. The second-order valence-corrected chi connectivity index (χ2v) is 8.04. The van der Waals surface area contributed by atoms with Gasteiger partial charge in [-0.15, -0.1) is 0 Å². The number of likely N-dealkylation sites (tertiary alicyclic amines) is 1. The average Bonchev–Trinajstić information content (AvgIpc) is 3.19. The second-order valence-electron chi connectivity index (χ2n) is 8.04. The topological polar surface area (TPSA) is 50.6 Å². The van der Waals surface area contributed by atoms with Crippen molar-refractivity contribution in [3.8, 4) is 0 Å². The Labute approximate surface area is 157 Å². The van der Waals surface area contributed by atoms with Crippen molar-refractivity contribution in [3.05, 3.63) is 17.5 Å². The SMILES string of the molecule is CCn1nc(CC(C)C)cc1C(=O)N1CCCO[C@H](CN2CCCC2)C1. The molecule has 1 atom stereocenters. The second kappa shape index (κ2) is 9.00. The maximum absolute atomic E-state index is 13.2. The van der Waals surface area contributed by atoms with Gasteiger partial charge < -0.3 is 14.5 Å². The Morgan fingerprint density at radius 3 is 2.73 bits per heavy atom. The van der Waals surface area contributed by atoms with E-state index in [1.807, 2.05) is 22.6 Å². The number of aromatic nitrogens is 2. The number of hydrogen-bond donors (Lipinski definition) is 0. The molecule has 2 aliphatic rings. The Balaban J connectivity index is 1.69. The highest BCUT2D eigenvalue weighted by atomic mass is 16.5. The number of carbonyl (C=O) groups is 1. The Morgan fingerprint density at radius 2 is 2.04 bits per heavy atom. The lowest BCUT2D eigenvalue weighted by Gasteiger charge is -2.27. The molecule has 3 rings (SSSR count). The van der Waals surface area contributed by atoms with Crippen LogP contribution in [0, 0.1) is 5.92 Å². The molecule has 0 bridgehead atoms. The van der Waals surface area contributed by atoms with Crippen LogP contribution in [0.15, 0.2) is 6.07 Å². The molecule has 6 heteroatoms. The molecule has 0 saturated carbocycles. The van der Waals surface area contributed by atoms with Crippen molar-refractivity contribution in [2.75, 3.05) is 39.3 Å². The first-order valence-corrected chi connectivity index (χ1v) is 10.3. The lowest BCUT2D eigenvalue weighted by atomic mass is 10.1. The Kier molecular flexibility index (Phi) is 6.70. The number of ether oxygens (including phenoxy) is 1. The van der Waals surface area contributed by atoms with Crippen molar-refractivity contribution in [3.63, 3.8) is 0 Å². The number of aryl methyl sites for hydroxylation is 1. The van der Waals surface area contributed by atoms with Crippen molar-refractivity contribution >= 4 is 5.91 Å². The molecule has 0 spiro atoms. The third-order valence-corrected chi connectivity index (χ3v) is 5.26. The number of rotatable bonds is 6. The molecule has 1 amide bonds. The standard InChI is InChI=1S/C20H34N4O2/c1-4-24-19(13-17(21-24)12-16(2)3)20(25)23-10-7-11-26-18(15-23)14-22-8-5-6-9-22/h13,16,18H,4-12,14-15H2,1-3H3/t18-/m1/s1. The summed E-state index contributed by atoms with van der Waals surface area (Å²) in [7, 11) is 0. The largest absolute Gasteiger partial charge is 0.375 e. The van der Waals surface area contributed by atoms with E-state index in [4.69, 9.17) is 4.74 Å².